The summed E-state index contributed by atoms with van der Waals surface area (Å²) in [6.45, 7) is 5.67. The molecule has 1 aromatic carbocycles. The molecular weight excluding hydrogens is 328 g/mol. The first-order chi connectivity index (χ1) is 12.8. The van der Waals surface area contributed by atoms with E-state index < -0.39 is 0 Å². The van der Waals surface area contributed by atoms with Gasteiger partial charge in [-0.2, -0.15) is 0 Å². The topological polar surface area (TPSA) is 43.0 Å². The van der Waals surface area contributed by atoms with Gasteiger partial charge in [-0.25, -0.2) is 0 Å². The molecule has 0 spiro atoms. The van der Waals surface area contributed by atoms with Crippen molar-refractivity contribution in [3.63, 3.8) is 0 Å². The first-order valence-electron chi connectivity index (χ1n) is 10.1. The normalized spacial score (nSPS) is 20.7. The molecule has 1 saturated carbocycles. The van der Waals surface area contributed by atoms with E-state index in [4.69, 9.17) is 14.2 Å². The van der Waals surface area contributed by atoms with Crippen molar-refractivity contribution in [1.29, 1.82) is 0 Å². The second-order valence-electron chi connectivity index (χ2n) is 7.44. The lowest BCUT2D eigenvalue weighted by atomic mass is 9.89. The van der Waals surface area contributed by atoms with Crippen LogP contribution in [0.2, 0.25) is 0 Å². The Kier molecular flexibility index (Phi) is 7.59. The zero-order valence-corrected chi connectivity index (χ0v) is 16.3. The average Bonchev–Trinajstić information content (AvgIpc) is 2.72. The van der Waals surface area contributed by atoms with Gasteiger partial charge in [0.15, 0.2) is 11.5 Å². The van der Waals surface area contributed by atoms with Crippen molar-refractivity contribution in [1.82, 2.24) is 10.2 Å². The van der Waals surface area contributed by atoms with Gasteiger partial charge in [0.2, 0.25) is 0 Å². The molecule has 1 saturated heterocycles. The number of ether oxygens (including phenoxy) is 3. The van der Waals surface area contributed by atoms with E-state index in [2.05, 4.69) is 22.3 Å². The van der Waals surface area contributed by atoms with Crippen LogP contribution in [0.3, 0.4) is 0 Å². The third kappa shape index (κ3) is 5.12. The number of morpholine rings is 1. The lowest BCUT2D eigenvalue weighted by Crippen LogP contribution is -2.43. The summed E-state index contributed by atoms with van der Waals surface area (Å²) < 4.78 is 16.5. The highest BCUT2D eigenvalue weighted by Crippen LogP contribution is 2.32. The molecule has 1 unspecified atom stereocenters. The van der Waals surface area contributed by atoms with Gasteiger partial charge in [-0.15, -0.1) is 0 Å². The minimum Gasteiger partial charge on any atom is -0.493 e. The molecule has 0 amide bonds. The van der Waals surface area contributed by atoms with Gasteiger partial charge >= 0.3 is 0 Å². The van der Waals surface area contributed by atoms with Gasteiger partial charge in [0.05, 0.1) is 27.4 Å². The highest BCUT2D eigenvalue weighted by atomic mass is 16.5. The Morgan fingerprint density at radius 2 is 1.81 bits per heavy atom. The van der Waals surface area contributed by atoms with E-state index in [1.807, 2.05) is 6.07 Å². The van der Waals surface area contributed by atoms with E-state index in [0.29, 0.717) is 6.04 Å². The molecule has 1 aliphatic carbocycles. The number of hydrogen-bond acceptors (Lipinski definition) is 5. The third-order valence-corrected chi connectivity index (χ3v) is 5.77. The Hall–Kier alpha value is -1.30. The summed E-state index contributed by atoms with van der Waals surface area (Å²) in [6.07, 6.45) is 6.97. The number of hydrogen-bond donors (Lipinski definition) is 1. The van der Waals surface area contributed by atoms with Crippen LogP contribution in [0.5, 0.6) is 11.5 Å². The molecule has 5 nitrogen and oxygen atoms in total. The van der Waals surface area contributed by atoms with Crippen molar-refractivity contribution < 1.29 is 14.2 Å². The van der Waals surface area contributed by atoms with E-state index in [9.17, 15) is 0 Å². The Morgan fingerprint density at radius 1 is 1.08 bits per heavy atom. The summed E-state index contributed by atoms with van der Waals surface area (Å²) in [5.74, 6) is 2.43. The summed E-state index contributed by atoms with van der Waals surface area (Å²) >= 11 is 0. The fraction of sp³-hybridized carbons (Fsp3) is 0.714. The summed E-state index contributed by atoms with van der Waals surface area (Å²) in [5.41, 5.74) is 1.28. The van der Waals surface area contributed by atoms with Crippen molar-refractivity contribution in [2.45, 2.75) is 38.1 Å². The molecule has 1 atom stereocenters. The van der Waals surface area contributed by atoms with Crippen LogP contribution in [0.25, 0.3) is 0 Å². The number of nitrogens with one attached hydrogen (secondary N) is 1. The van der Waals surface area contributed by atoms with Gasteiger partial charge in [-0.05, 0) is 43.0 Å². The van der Waals surface area contributed by atoms with E-state index in [1.165, 1.54) is 37.7 Å². The van der Waals surface area contributed by atoms with Gasteiger partial charge in [-0.3, -0.25) is 4.90 Å². The molecule has 26 heavy (non-hydrogen) atoms. The molecule has 146 valence electrons. The van der Waals surface area contributed by atoms with Crippen LogP contribution in [-0.4, -0.2) is 58.5 Å². The van der Waals surface area contributed by atoms with Gasteiger partial charge < -0.3 is 19.5 Å². The summed E-state index contributed by atoms with van der Waals surface area (Å²) in [6, 6.07) is 6.65. The molecule has 5 heteroatoms. The lowest BCUT2D eigenvalue weighted by Gasteiger charge is -2.35. The van der Waals surface area contributed by atoms with E-state index >= 15 is 0 Å². The highest BCUT2D eigenvalue weighted by Gasteiger charge is 2.24. The maximum atomic E-state index is 5.56. The van der Waals surface area contributed by atoms with Crippen LogP contribution in [0, 0.1) is 5.92 Å². The van der Waals surface area contributed by atoms with Crippen molar-refractivity contribution >= 4 is 0 Å². The fourth-order valence-corrected chi connectivity index (χ4v) is 4.22. The molecule has 0 radical (unpaired) electrons. The van der Waals surface area contributed by atoms with Gasteiger partial charge in [0.1, 0.15) is 0 Å². The number of methoxy groups -OCH3 is 2. The molecule has 2 aliphatic rings. The molecule has 1 aromatic rings. The van der Waals surface area contributed by atoms with Gasteiger partial charge in [-0.1, -0.05) is 25.3 Å². The quantitative estimate of drug-likeness (QED) is 0.769. The fourth-order valence-electron chi connectivity index (χ4n) is 4.22. The summed E-state index contributed by atoms with van der Waals surface area (Å²) in [7, 11) is 3.38. The standard InChI is InChI=1S/C21H34N2O3/c1-24-20-9-8-18(14-21(20)25-2)19(23-10-12-26-13-11-23)16-22-15-17-6-4-3-5-7-17/h8-9,14,17,19,22H,3-7,10-13,15-16H2,1-2H3. The number of rotatable bonds is 8. The van der Waals surface area contributed by atoms with Crippen molar-refractivity contribution in [3.8, 4) is 11.5 Å². The second kappa shape index (κ2) is 10.1. The van der Waals surface area contributed by atoms with Crippen LogP contribution in [0.15, 0.2) is 18.2 Å². The summed E-state index contributed by atoms with van der Waals surface area (Å²) in [5, 5.41) is 3.76. The predicted octanol–water partition coefficient (Wildman–Crippen LogP) is 3.25. The molecular formula is C21H34N2O3. The minimum atomic E-state index is 0.335. The van der Waals surface area contributed by atoms with Crippen LogP contribution < -0.4 is 14.8 Å². The Labute approximate surface area is 158 Å². The Balaban J connectivity index is 1.68. The molecule has 1 N–H and O–H groups in total. The maximum Gasteiger partial charge on any atom is 0.161 e. The molecule has 1 aliphatic heterocycles. The molecule has 2 fully saturated rings. The van der Waals surface area contributed by atoms with Crippen molar-refractivity contribution in [2.24, 2.45) is 5.92 Å². The Morgan fingerprint density at radius 3 is 2.50 bits per heavy atom. The smallest absolute Gasteiger partial charge is 0.161 e. The van der Waals surface area contributed by atoms with Crippen LogP contribution >= 0.6 is 0 Å². The highest BCUT2D eigenvalue weighted by molar-refractivity contribution is 5.44. The molecule has 0 aromatic heterocycles. The van der Waals surface area contributed by atoms with Gasteiger partial charge in [0.25, 0.3) is 0 Å². The van der Waals surface area contributed by atoms with Crippen molar-refractivity contribution in [3.05, 3.63) is 23.8 Å². The first-order valence-corrected chi connectivity index (χ1v) is 10.1. The van der Waals surface area contributed by atoms with Crippen molar-refractivity contribution in [2.75, 3.05) is 53.6 Å². The predicted molar refractivity (Wildman–Crippen MR) is 104 cm³/mol. The van der Waals surface area contributed by atoms with Crippen LogP contribution in [0.4, 0.5) is 0 Å². The van der Waals surface area contributed by atoms with E-state index in [-0.39, 0.29) is 0 Å². The molecule has 1 heterocycles. The minimum absolute atomic E-state index is 0.335. The monoisotopic (exact) mass is 362 g/mol. The molecule has 0 bridgehead atoms. The first kappa shape index (κ1) is 19.5. The summed E-state index contributed by atoms with van der Waals surface area (Å²) in [4.78, 5) is 2.53. The zero-order chi connectivity index (χ0) is 18.2. The van der Waals surface area contributed by atoms with E-state index in [0.717, 1.165) is 56.8 Å². The largest absolute Gasteiger partial charge is 0.493 e. The average molecular weight is 363 g/mol. The SMILES string of the molecule is COc1ccc(C(CNCC2CCCCC2)N2CCOCC2)cc1OC. The Bertz CT molecular complexity index is 540. The lowest BCUT2D eigenvalue weighted by molar-refractivity contribution is 0.0159. The van der Waals surface area contributed by atoms with Crippen LogP contribution in [0.1, 0.15) is 43.7 Å². The van der Waals surface area contributed by atoms with Crippen LogP contribution in [-0.2, 0) is 4.74 Å². The second-order valence-corrected chi connectivity index (χ2v) is 7.44. The number of benzene rings is 1. The third-order valence-electron chi connectivity index (χ3n) is 5.77. The number of nitrogens with zero attached hydrogens (tertiary/aromatic N) is 1. The van der Waals surface area contributed by atoms with Gasteiger partial charge in [0, 0.05) is 25.7 Å². The zero-order valence-electron chi connectivity index (χ0n) is 16.3. The maximum absolute atomic E-state index is 5.56. The molecule has 3 rings (SSSR count). The van der Waals surface area contributed by atoms with E-state index in [1.54, 1.807) is 14.2 Å².